The largest absolute Gasteiger partial charge is 0.411 e. The van der Waals surface area contributed by atoms with E-state index in [1.807, 2.05) is 6.92 Å². The van der Waals surface area contributed by atoms with Crippen molar-refractivity contribution in [2.75, 3.05) is 12.3 Å². The first-order valence-electron chi connectivity index (χ1n) is 4.38. The van der Waals surface area contributed by atoms with E-state index in [4.69, 9.17) is 5.73 Å². The van der Waals surface area contributed by atoms with Crippen molar-refractivity contribution in [2.24, 2.45) is 0 Å². The minimum Gasteiger partial charge on any atom is -0.398 e. The van der Waals surface area contributed by atoms with Crippen molar-refractivity contribution in [2.45, 2.75) is 19.7 Å². The molecule has 0 aliphatic rings. The molecule has 0 amide bonds. The molecule has 0 spiro atoms. The molecule has 0 aromatic heterocycles. The maximum atomic E-state index is 11.8. The van der Waals surface area contributed by atoms with E-state index in [1.165, 1.54) is 0 Å². The molecule has 0 fully saturated rings. The second kappa shape index (κ2) is 4.53. The Morgan fingerprint density at radius 1 is 1.33 bits per heavy atom. The lowest BCUT2D eigenvalue weighted by Crippen LogP contribution is -2.17. The fourth-order valence-electron chi connectivity index (χ4n) is 1.12. The Morgan fingerprint density at radius 2 is 2.00 bits per heavy atom. The predicted octanol–water partition coefficient (Wildman–Crippen LogP) is 2.66. The molecular formula is C10H12F3NO. The van der Waals surface area contributed by atoms with Gasteiger partial charge in [-0.05, 0) is 18.6 Å². The summed E-state index contributed by atoms with van der Waals surface area (Å²) in [7, 11) is 0. The number of alkyl halides is 3. The van der Waals surface area contributed by atoms with Gasteiger partial charge in [0.1, 0.15) is 6.61 Å². The minimum absolute atomic E-state index is 0.119. The fraction of sp³-hybridized carbons (Fsp3) is 0.400. The van der Waals surface area contributed by atoms with Crippen molar-refractivity contribution < 1.29 is 17.9 Å². The summed E-state index contributed by atoms with van der Waals surface area (Å²) in [6.45, 7) is 0.489. The van der Waals surface area contributed by atoms with Gasteiger partial charge in [-0.1, -0.05) is 12.1 Å². The molecular weight excluding hydrogens is 207 g/mol. The number of aryl methyl sites for hydroxylation is 1. The Hall–Kier alpha value is -1.23. The summed E-state index contributed by atoms with van der Waals surface area (Å²) in [6, 6.07) is 5.15. The Morgan fingerprint density at radius 3 is 2.53 bits per heavy atom. The third kappa shape index (κ3) is 4.20. The van der Waals surface area contributed by atoms with E-state index < -0.39 is 12.8 Å². The lowest BCUT2D eigenvalue weighted by Gasteiger charge is -2.09. The van der Waals surface area contributed by atoms with Crippen LogP contribution in [-0.2, 0) is 11.3 Å². The molecule has 15 heavy (non-hydrogen) atoms. The number of benzene rings is 1. The van der Waals surface area contributed by atoms with E-state index in [1.54, 1.807) is 18.2 Å². The summed E-state index contributed by atoms with van der Waals surface area (Å²) in [6.07, 6.45) is -4.29. The molecule has 1 rings (SSSR count). The summed E-state index contributed by atoms with van der Waals surface area (Å²) in [5.74, 6) is 0. The first-order chi connectivity index (χ1) is 6.88. The normalized spacial score (nSPS) is 11.7. The molecule has 0 aliphatic carbocycles. The number of nitrogen functional groups attached to an aromatic ring is 1. The van der Waals surface area contributed by atoms with Gasteiger partial charge in [-0.3, -0.25) is 0 Å². The third-order valence-corrected chi connectivity index (χ3v) is 1.82. The van der Waals surface area contributed by atoms with Crippen molar-refractivity contribution in [3.63, 3.8) is 0 Å². The SMILES string of the molecule is Cc1ccc(COCC(F)(F)F)c(N)c1. The van der Waals surface area contributed by atoms with Crippen LogP contribution in [0.2, 0.25) is 0 Å². The van der Waals surface area contributed by atoms with Gasteiger partial charge in [-0.15, -0.1) is 0 Å². The highest BCUT2D eigenvalue weighted by Gasteiger charge is 2.27. The second-order valence-corrected chi connectivity index (χ2v) is 3.31. The molecule has 1 aromatic rings. The first kappa shape index (κ1) is 11.8. The molecule has 0 heterocycles. The summed E-state index contributed by atoms with van der Waals surface area (Å²) < 4.78 is 39.8. The lowest BCUT2D eigenvalue weighted by molar-refractivity contribution is -0.176. The summed E-state index contributed by atoms with van der Waals surface area (Å²) in [5, 5.41) is 0. The van der Waals surface area contributed by atoms with Crippen LogP contribution in [0.15, 0.2) is 18.2 Å². The number of halogens is 3. The van der Waals surface area contributed by atoms with Crippen molar-refractivity contribution in [1.29, 1.82) is 0 Å². The summed E-state index contributed by atoms with van der Waals surface area (Å²) in [5.41, 5.74) is 7.60. The number of rotatable bonds is 3. The van der Waals surface area contributed by atoms with Gasteiger partial charge < -0.3 is 10.5 Å². The molecule has 5 heteroatoms. The van der Waals surface area contributed by atoms with Gasteiger partial charge in [0.2, 0.25) is 0 Å². The Balaban J connectivity index is 2.51. The highest BCUT2D eigenvalue weighted by Crippen LogP contribution is 2.18. The zero-order valence-electron chi connectivity index (χ0n) is 8.27. The molecule has 0 bridgehead atoms. The van der Waals surface area contributed by atoms with Gasteiger partial charge in [-0.25, -0.2) is 0 Å². The molecule has 2 nitrogen and oxygen atoms in total. The van der Waals surface area contributed by atoms with Crippen LogP contribution in [0.4, 0.5) is 18.9 Å². The van der Waals surface area contributed by atoms with Crippen LogP contribution in [0.3, 0.4) is 0 Å². The van der Waals surface area contributed by atoms with Crippen molar-refractivity contribution in [1.82, 2.24) is 0 Å². The molecule has 1 aromatic carbocycles. The van der Waals surface area contributed by atoms with Crippen LogP contribution in [0.5, 0.6) is 0 Å². The Labute approximate surface area is 85.8 Å². The topological polar surface area (TPSA) is 35.2 Å². The fourth-order valence-corrected chi connectivity index (χ4v) is 1.12. The number of hydrogen-bond donors (Lipinski definition) is 1. The third-order valence-electron chi connectivity index (χ3n) is 1.82. The van der Waals surface area contributed by atoms with E-state index in [0.29, 0.717) is 11.3 Å². The molecule has 0 unspecified atom stereocenters. The average Bonchev–Trinajstić information content (AvgIpc) is 2.07. The van der Waals surface area contributed by atoms with Gasteiger partial charge in [0.15, 0.2) is 0 Å². The zero-order chi connectivity index (χ0) is 11.5. The van der Waals surface area contributed by atoms with Crippen molar-refractivity contribution in [3.8, 4) is 0 Å². The van der Waals surface area contributed by atoms with Crippen molar-refractivity contribution in [3.05, 3.63) is 29.3 Å². The smallest absolute Gasteiger partial charge is 0.398 e. The lowest BCUT2D eigenvalue weighted by atomic mass is 10.1. The van der Waals surface area contributed by atoms with Crippen LogP contribution < -0.4 is 5.73 Å². The van der Waals surface area contributed by atoms with Gasteiger partial charge in [0, 0.05) is 11.3 Å². The van der Waals surface area contributed by atoms with Crippen LogP contribution >= 0.6 is 0 Å². The molecule has 2 N–H and O–H groups in total. The van der Waals surface area contributed by atoms with Crippen LogP contribution in [-0.4, -0.2) is 12.8 Å². The number of nitrogens with two attached hydrogens (primary N) is 1. The molecule has 84 valence electrons. The van der Waals surface area contributed by atoms with Gasteiger partial charge in [-0.2, -0.15) is 13.2 Å². The quantitative estimate of drug-likeness (QED) is 0.793. The van der Waals surface area contributed by atoms with Gasteiger partial charge in [0.05, 0.1) is 6.61 Å². The number of hydrogen-bond acceptors (Lipinski definition) is 2. The molecule has 0 atom stereocenters. The molecule has 0 saturated heterocycles. The predicted molar refractivity (Wildman–Crippen MR) is 51.3 cm³/mol. The standard InChI is InChI=1S/C10H12F3NO/c1-7-2-3-8(9(14)4-7)5-15-6-10(11,12)13/h2-4H,5-6,14H2,1H3. The first-order valence-corrected chi connectivity index (χ1v) is 4.38. The molecule has 0 radical (unpaired) electrons. The monoisotopic (exact) mass is 219 g/mol. The molecule has 0 aliphatic heterocycles. The van der Waals surface area contributed by atoms with Gasteiger partial charge in [0.25, 0.3) is 0 Å². The van der Waals surface area contributed by atoms with Crippen molar-refractivity contribution >= 4 is 5.69 Å². The number of anilines is 1. The minimum atomic E-state index is -4.29. The van der Waals surface area contributed by atoms with Crippen LogP contribution in [0, 0.1) is 6.92 Å². The average molecular weight is 219 g/mol. The van der Waals surface area contributed by atoms with E-state index in [9.17, 15) is 13.2 Å². The summed E-state index contributed by atoms with van der Waals surface area (Å²) >= 11 is 0. The Bertz CT molecular complexity index is 336. The number of ether oxygens (including phenoxy) is 1. The maximum Gasteiger partial charge on any atom is 0.411 e. The van der Waals surface area contributed by atoms with Gasteiger partial charge >= 0.3 is 6.18 Å². The van der Waals surface area contributed by atoms with E-state index in [-0.39, 0.29) is 6.61 Å². The van der Waals surface area contributed by atoms with E-state index in [0.717, 1.165) is 5.56 Å². The zero-order valence-corrected chi connectivity index (χ0v) is 8.27. The maximum absolute atomic E-state index is 11.8. The highest BCUT2D eigenvalue weighted by atomic mass is 19.4. The van der Waals surface area contributed by atoms with Crippen LogP contribution in [0.1, 0.15) is 11.1 Å². The van der Waals surface area contributed by atoms with Crippen LogP contribution in [0.25, 0.3) is 0 Å². The summed E-state index contributed by atoms with van der Waals surface area (Å²) in [4.78, 5) is 0. The Kier molecular flexibility index (Phi) is 3.57. The van der Waals surface area contributed by atoms with E-state index in [2.05, 4.69) is 4.74 Å². The van der Waals surface area contributed by atoms with E-state index >= 15 is 0 Å². The highest BCUT2D eigenvalue weighted by molar-refractivity contribution is 5.48. The molecule has 0 saturated carbocycles. The second-order valence-electron chi connectivity index (χ2n) is 3.31.